The minimum absolute atomic E-state index is 0.307. The van der Waals surface area contributed by atoms with E-state index in [9.17, 15) is 4.79 Å². The highest BCUT2D eigenvalue weighted by Crippen LogP contribution is 2.27. The molecule has 0 spiro atoms. The third-order valence-electron chi connectivity index (χ3n) is 2.79. The average molecular weight is 325 g/mol. The highest BCUT2D eigenvalue weighted by atomic mass is 35.5. The summed E-state index contributed by atoms with van der Waals surface area (Å²) in [7, 11) is 0. The van der Waals surface area contributed by atoms with Crippen molar-refractivity contribution in [2.45, 2.75) is 13.0 Å². The molecule has 0 heterocycles. The van der Waals surface area contributed by atoms with Crippen molar-refractivity contribution in [2.24, 2.45) is 0 Å². The Bertz CT molecular complexity index is 662. The lowest BCUT2D eigenvalue weighted by atomic mass is 10.2. The van der Waals surface area contributed by atoms with E-state index in [4.69, 9.17) is 33.7 Å². The molecule has 110 valence electrons. The molecule has 0 aliphatic carbocycles. The van der Waals surface area contributed by atoms with E-state index < -0.39 is 6.10 Å². The lowest BCUT2D eigenvalue weighted by molar-refractivity contribution is -0.122. The van der Waals surface area contributed by atoms with Crippen LogP contribution in [0, 0.1) is 0 Å². The van der Waals surface area contributed by atoms with Gasteiger partial charge >= 0.3 is 0 Å². The first-order valence-electron chi connectivity index (χ1n) is 6.24. The minimum atomic E-state index is -0.707. The Morgan fingerprint density at radius 1 is 1.19 bits per heavy atom. The maximum Gasteiger partial charge on any atom is 0.265 e. The van der Waals surface area contributed by atoms with Crippen molar-refractivity contribution < 1.29 is 9.53 Å². The molecule has 1 atom stereocenters. The van der Waals surface area contributed by atoms with Crippen molar-refractivity contribution >= 4 is 40.5 Å². The van der Waals surface area contributed by atoms with Crippen molar-refractivity contribution in [3.8, 4) is 5.75 Å². The number of nitrogens with two attached hydrogens (primary N) is 1. The number of hydrogen-bond acceptors (Lipinski definition) is 3. The second-order valence-corrected chi connectivity index (χ2v) is 5.23. The molecule has 0 aromatic heterocycles. The second-order valence-electron chi connectivity index (χ2n) is 4.41. The quantitative estimate of drug-likeness (QED) is 0.836. The summed E-state index contributed by atoms with van der Waals surface area (Å²) in [6, 6.07) is 11.8. The van der Waals surface area contributed by atoms with Gasteiger partial charge < -0.3 is 15.8 Å². The van der Waals surface area contributed by atoms with Gasteiger partial charge in [-0.05, 0) is 31.2 Å². The Morgan fingerprint density at radius 3 is 2.57 bits per heavy atom. The molecule has 2 aromatic carbocycles. The number of carbonyl (C=O) groups excluding carboxylic acids is 1. The number of halogens is 2. The lowest BCUT2D eigenvalue weighted by Crippen LogP contribution is -2.30. The van der Waals surface area contributed by atoms with Gasteiger partial charge in [0.25, 0.3) is 5.91 Å². The molecule has 0 aliphatic rings. The number of rotatable bonds is 4. The zero-order chi connectivity index (χ0) is 15.4. The van der Waals surface area contributed by atoms with Crippen molar-refractivity contribution in [3.05, 3.63) is 52.5 Å². The number of para-hydroxylation sites is 2. The van der Waals surface area contributed by atoms with Crippen molar-refractivity contribution in [1.29, 1.82) is 0 Å². The lowest BCUT2D eigenvalue weighted by Gasteiger charge is -2.16. The molecule has 1 amide bonds. The fraction of sp³-hybridized carbons (Fsp3) is 0.133. The second kappa shape index (κ2) is 6.70. The molecule has 4 nitrogen and oxygen atoms in total. The van der Waals surface area contributed by atoms with Gasteiger partial charge in [-0.15, -0.1) is 0 Å². The van der Waals surface area contributed by atoms with Crippen LogP contribution in [0.3, 0.4) is 0 Å². The van der Waals surface area contributed by atoms with Crippen molar-refractivity contribution in [3.63, 3.8) is 0 Å². The molecule has 2 rings (SSSR count). The maximum absolute atomic E-state index is 12.1. The van der Waals surface area contributed by atoms with Gasteiger partial charge in [0.05, 0.1) is 21.4 Å². The van der Waals surface area contributed by atoms with Crippen molar-refractivity contribution in [2.75, 3.05) is 11.1 Å². The molecule has 2 aromatic rings. The summed E-state index contributed by atoms with van der Waals surface area (Å²) < 4.78 is 5.53. The first-order chi connectivity index (χ1) is 9.97. The maximum atomic E-state index is 12.1. The molecule has 21 heavy (non-hydrogen) atoms. The Hall–Kier alpha value is -1.91. The van der Waals surface area contributed by atoms with E-state index in [0.717, 1.165) is 0 Å². The highest BCUT2D eigenvalue weighted by Gasteiger charge is 2.16. The van der Waals surface area contributed by atoms with Gasteiger partial charge in [0, 0.05) is 6.07 Å². The first-order valence-corrected chi connectivity index (χ1v) is 7.00. The van der Waals surface area contributed by atoms with E-state index in [1.54, 1.807) is 49.4 Å². The van der Waals surface area contributed by atoms with Gasteiger partial charge in [-0.2, -0.15) is 0 Å². The molecule has 0 saturated carbocycles. The Labute approximate surface area is 132 Å². The van der Waals surface area contributed by atoms with Crippen molar-refractivity contribution in [1.82, 2.24) is 0 Å². The number of ether oxygens (including phenoxy) is 1. The van der Waals surface area contributed by atoms with Crippen LogP contribution in [0.25, 0.3) is 0 Å². The molecule has 0 bridgehead atoms. The summed E-state index contributed by atoms with van der Waals surface area (Å²) in [4.78, 5) is 12.1. The van der Waals surface area contributed by atoms with Crippen LogP contribution in [0.4, 0.5) is 11.4 Å². The monoisotopic (exact) mass is 324 g/mol. The predicted molar refractivity (Wildman–Crippen MR) is 86.0 cm³/mol. The SMILES string of the molecule is CC(Oc1ccc(Cl)c(Cl)c1)C(=O)Nc1ccccc1N. The van der Waals surface area contributed by atoms with Crippen LogP contribution in [-0.4, -0.2) is 12.0 Å². The topological polar surface area (TPSA) is 64.3 Å². The van der Waals surface area contributed by atoms with Gasteiger partial charge in [0.15, 0.2) is 6.10 Å². The van der Waals surface area contributed by atoms with Crippen LogP contribution in [0.2, 0.25) is 10.0 Å². The number of benzene rings is 2. The average Bonchev–Trinajstić information content (AvgIpc) is 2.45. The normalized spacial score (nSPS) is 11.8. The third-order valence-corrected chi connectivity index (χ3v) is 3.53. The van der Waals surface area contributed by atoms with E-state index in [-0.39, 0.29) is 5.91 Å². The standard InChI is InChI=1S/C15H14Cl2N2O2/c1-9(21-10-6-7-11(16)12(17)8-10)15(20)19-14-5-3-2-4-13(14)18/h2-9H,18H2,1H3,(H,19,20). The molecule has 0 fully saturated rings. The van der Waals surface area contributed by atoms with Gasteiger partial charge in [0.2, 0.25) is 0 Å². The molecule has 3 N–H and O–H groups in total. The predicted octanol–water partition coefficient (Wildman–Crippen LogP) is 3.98. The number of nitrogens with one attached hydrogen (secondary N) is 1. The van der Waals surface area contributed by atoms with Crippen LogP contribution in [-0.2, 0) is 4.79 Å². The molecular weight excluding hydrogens is 311 g/mol. The summed E-state index contributed by atoms with van der Waals surface area (Å²) in [5.41, 5.74) is 6.81. The summed E-state index contributed by atoms with van der Waals surface area (Å²) >= 11 is 11.7. The molecule has 1 unspecified atom stereocenters. The zero-order valence-electron chi connectivity index (χ0n) is 11.3. The van der Waals surface area contributed by atoms with Crippen LogP contribution in [0.5, 0.6) is 5.75 Å². The Balaban J connectivity index is 2.02. The summed E-state index contributed by atoms with van der Waals surface area (Å²) in [5.74, 6) is 0.159. The molecule has 0 radical (unpaired) electrons. The molecule has 0 saturated heterocycles. The Morgan fingerprint density at radius 2 is 1.90 bits per heavy atom. The number of anilines is 2. The van der Waals surface area contributed by atoms with Gasteiger partial charge in [-0.25, -0.2) is 0 Å². The first kappa shape index (κ1) is 15.5. The summed E-state index contributed by atoms with van der Waals surface area (Å²) in [6.07, 6.45) is -0.707. The van der Waals surface area contributed by atoms with Gasteiger partial charge in [0.1, 0.15) is 5.75 Å². The van der Waals surface area contributed by atoms with Gasteiger partial charge in [-0.1, -0.05) is 35.3 Å². The number of carbonyl (C=O) groups is 1. The third kappa shape index (κ3) is 4.03. The van der Waals surface area contributed by atoms with Crippen LogP contribution in [0.1, 0.15) is 6.92 Å². The molecule has 0 aliphatic heterocycles. The molecule has 6 heteroatoms. The fourth-order valence-electron chi connectivity index (χ4n) is 1.65. The molecular formula is C15H14Cl2N2O2. The summed E-state index contributed by atoms with van der Waals surface area (Å²) in [5, 5.41) is 3.51. The van der Waals surface area contributed by atoms with E-state index in [1.807, 2.05) is 0 Å². The largest absolute Gasteiger partial charge is 0.481 e. The van der Waals surface area contributed by atoms with Crippen LogP contribution >= 0.6 is 23.2 Å². The van der Waals surface area contributed by atoms with E-state index in [2.05, 4.69) is 5.32 Å². The van der Waals surface area contributed by atoms with E-state index >= 15 is 0 Å². The Kier molecular flexibility index (Phi) is 4.94. The zero-order valence-corrected chi connectivity index (χ0v) is 12.8. The fourth-order valence-corrected chi connectivity index (χ4v) is 1.94. The number of amides is 1. The van der Waals surface area contributed by atoms with Crippen LogP contribution in [0.15, 0.2) is 42.5 Å². The summed E-state index contributed by atoms with van der Waals surface area (Å²) in [6.45, 7) is 1.64. The van der Waals surface area contributed by atoms with Crippen LogP contribution < -0.4 is 15.8 Å². The highest BCUT2D eigenvalue weighted by molar-refractivity contribution is 6.42. The minimum Gasteiger partial charge on any atom is -0.481 e. The van der Waals surface area contributed by atoms with Gasteiger partial charge in [-0.3, -0.25) is 4.79 Å². The van der Waals surface area contributed by atoms with E-state index in [1.165, 1.54) is 0 Å². The smallest absolute Gasteiger partial charge is 0.265 e. The number of hydrogen-bond donors (Lipinski definition) is 2. The number of nitrogen functional groups attached to an aromatic ring is 1. The van der Waals surface area contributed by atoms with E-state index in [0.29, 0.717) is 27.2 Å².